The van der Waals surface area contributed by atoms with Gasteiger partial charge in [0.15, 0.2) is 0 Å². The summed E-state index contributed by atoms with van der Waals surface area (Å²) in [6.07, 6.45) is 0.845. The highest BCUT2D eigenvalue weighted by Crippen LogP contribution is 2.32. The molecule has 0 bridgehead atoms. The fourth-order valence-electron chi connectivity index (χ4n) is 2.04. The van der Waals surface area contributed by atoms with Crippen molar-refractivity contribution in [2.24, 2.45) is 0 Å². The Morgan fingerprint density at radius 2 is 2.33 bits per heavy atom. The molecule has 1 heterocycles. The SMILES string of the molecule is CC1(Nc2cc(F)c(I)cc2[N+](=O)[O-])CCNC1. The number of rotatable bonds is 3. The van der Waals surface area contributed by atoms with Crippen molar-refractivity contribution >= 4 is 34.0 Å². The van der Waals surface area contributed by atoms with Gasteiger partial charge in [0.2, 0.25) is 0 Å². The second-order valence-electron chi connectivity index (χ2n) is 4.65. The maximum Gasteiger partial charge on any atom is 0.293 e. The van der Waals surface area contributed by atoms with Gasteiger partial charge in [0, 0.05) is 24.2 Å². The number of anilines is 1. The van der Waals surface area contributed by atoms with Gasteiger partial charge in [-0.2, -0.15) is 0 Å². The molecule has 0 aliphatic carbocycles. The number of nitro benzene ring substituents is 1. The third kappa shape index (κ3) is 2.72. The van der Waals surface area contributed by atoms with E-state index in [1.165, 1.54) is 12.1 Å². The first-order chi connectivity index (χ1) is 8.41. The van der Waals surface area contributed by atoms with Gasteiger partial charge in [-0.1, -0.05) is 0 Å². The molecule has 0 amide bonds. The molecule has 1 unspecified atom stereocenters. The normalized spacial score (nSPS) is 23.1. The molecule has 1 aliphatic rings. The summed E-state index contributed by atoms with van der Waals surface area (Å²) in [4.78, 5) is 10.5. The number of nitrogens with zero attached hydrogens (tertiary/aromatic N) is 1. The lowest BCUT2D eigenvalue weighted by atomic mass is 10.0. The lowest BCUT2D eigenvalue weighted by Gasteiger charge is -2.25. The van der Waals surface area contributed by atoms with Gasteiger partial charge in [-0.15, -0.1) is 0 Å². The van der Waals surface area contributed by atoms with Crippen LogP contribution in [0, 0.1) is 19.5 Å². The van der Waals surface area contributed by atoms with E-state index in [2.05, 4.69) is 10.6 Å². The van der Waals surface area contributed by atoms with Crippen LogP contribution in [0.4, 0.5) is 15.8 Å². The molecule has 2 rings (SSSR count). The highest BCUT2D eigenvalue weighted by atomic mass is 127. The third-order valence-corrected chi connectivity index (χ3v) is 3.87. The minimum absolute atomic E-state index is 0.0890. The first-order valence-electron chi connectivity index (χ1n) is 5.54. The molecule has 0 saturated carbocycles. The molecule has 1 fully saturated rings. The van der Waals surface area contributed by atoms with E-state index in [0.717, 1.165) is 13.0 Å². The van der Waals surface area contributed by atoms with Gasteiger partial charge in [0.1, 0.15) is 11.5 Å². The number of hydrogen-bond donors (Lipinski definition) is 2. The van der Waals surface area contributed by atoms with Crippen LogP contribution in [0.3, 0.4) is 0 Å². The molecule has 1 aliphatic heterocycles. The zero-order valence-electron chi connectivity index (χ0n) is 9.80. The summed E-state index contributed by atoms with van der Waals surface area (Å²) in [6.45, 7) is 3.52. The number of nitrogens with one attached hydrogen (secondary N) is 2. The van der Waals surface area contributed by atoms with E-state index in [1.807, 2.05) is 6.92 Å². The van der Waals surface area contributed by atoms with Crippen LogP contribution in [0.2, 0.25) is 0 Å². The summed E-state index contributed by atoms with van der Waals surface area (Å²) in [7, 11) is 0. The van der Waals surface area contributed by atoms with Gasteiger partial charge in [-0.3, -0.25) is 10.1 Å². The lowest BCUT2D eigenvalue weighted by molar-refractivity contribution is -0.384. The van der Waals surface area contributed by atoms with E-state index in [-0.39, 0.29) is 20.5 Å². The summed E-state index contributed by atoms with van der Waals surface area (Å²) in [5.41, 5.74) is -0.123. The molecule has 0 radical (unpaired) electrons. The molecule has 1 saturated heterocycles. The Bertz CT molecular complexity index is 489. The summed E-state index contributed by atoms with van der Waals surface area (Å²) < 4.78 is 13.8. The zero-order valence-corrected chi connectivity index (χ0v) is 12.0. The number of hydrogen-bond acceptors (Lipinski definition) is 4. The van der Waals surface area contributed by atoms with E-state index in [4.69, 9.17) is 0 Å². The molecule has 2 N–H and O–H groups in total. The van der Waals surface area contributed by atoms with Gasteiger partial charge < -0.3 is 10.6 Å². The van der Waals surface area contributed by atoms with Crippen LogP contribution < -0.4 is 10.6 Å². The van der Waals surface area contributed by atoms with Crippen molar-refractivity contribution in [1.29, 1.82) is 0 Å². The van der Waals surface area contributed by atoms with Crippen LogP contribution in [0.25, 0.3) is 0 Å². The van der Waals surface area contributed by atoms with Crippen molar-refractivity contribution in [2.45, 2.75) is 18.9 Å². The Balaban J connectivity index is 2.36. The average molecular weight is 365 g/mol. The van der Waals surface area contributed by atoms with Crippen molar-refractivity contribution in [1.82, 2.24) is 5.32 Å². The Kier molecular flexibility index (Phi) is 3.71. The highest BCUT2D eigenvalue weighted by Gasteiger charge is 2.31. The summed E-state index contributed by atoms with van der Waals surface area (Å²) in [5, 5.41) is 17.3. The summed E-state index contributed by atoms with van der Waals surface area (Å²) in [6, 6.07) is 2.45. The lowest BCUT2D eigenvalue weighted by Crippen LogP contribution is -2.37. The molecule has 1 aromatic rings. The van der Waals surface area contributed by atoms with Crippen molar-refractivity contribution in [3.63, 3.8) is 0 Å². The summed E-state index contributed by atoms with van der Waals surface area (Å²) in [5.74, 6) is -0.446. The largest absolute Gasteiger partial charge is 0.373 e. The number of benzene rings is 1. The van der Waals surface area contributed by atoms with Crippen LogP contribution in [0.5, 0.6) is 0 Å². The summed E-state index contributed by atoms with van der Waals surface area (Å²) >= 11 is 1.75. The Hall–Kier alpha value is -0.960. The van der Waals surface area contributed by atoms with Crippen molar-refractivity contribution in [2.75, 3.05) is 18.4 Å². The zero-order chi connectivity index (χ0) is 13.3. The quantitative estimate of drug-likeness (QED) is 0.491. The second-order valence-corrected chi connectivity index (χ2v) is 5.82. The minimum atomic E-state index is -0.490. The minimum Gasteiger partial charge on any atom is -0.373 e. The van der Waals surface area contributed by atoms with E-state index in [1.54, 1.807) is 22.6 Å². The maximum absolute atomic E-state index is 13.5. The molecule has 5 nitrogen and oxygen atoms in total. The predicted molar refractivity (Wildman–Crippen MR) is 75.3 cm³/mol. The van der Waals surface area contributed by atoms with Crippen LogP contribution in [-0.2, 0) is 0 Å². The van der Waals surface area contributed by atoms with Crippen LogP contribution in [-0.4, -0.2) is 23.6 Å². The molecule has 0 spiro atoms. The number of nitro groups is 1. The predicted octanol–water partition coefficient (Wildman–Crippen LogP) is 2.50. The topological polar surface area (TPSA) is 67.2 Å². The standard InChI is InChI=1S/C11H13FIN3O2/c1-11(2-3-14-6-11)15-9-4-7(12)8(13)5-10(9)16(17)18/h4-5,14-15H,2-3,6H2,1H3. The van der Waals surface area contributed by atoms with Gasteiger partial charge in [-0.05, 0) is 42.5 Å². The van der Waals surface area contributed by atoms with Gasteiger partial charge >= 0.3 is 0 Å². The smallest absolute Gasteiger partial charge is 0.293 e. The molecule has 1 atom stereocenters. The Labute approximate surface area is 117 Å². The molecule has 7 heteroatoms. The second kappa shape index (κ2) is 4.96. The Morgan fingerprint density at radius 3 is 2.89 bits per heavy atom. The van der Waals surface area contributed by atoms with Gasteiger partial charge in [0.25, 0.3) is 5.69 Å². The van der Waals surface area contributed by atoms with Crippen LogP contribution in [0.1, 0.15) is 13.3 Å². The number of halogens is 2. The average Bonchev–Trinajstić information content (AvgIpc) is 2.69. The van der Waals surface area contributed by atoms with E-state index >= 15 is 0 Å². The van der Waals surface area contributed by atoms with Crippen LogP contribution in [0.15, 0.2) is 12.1 Å². The molecule has 1 aromatic carbocycles. The molecule has 18 heavy (non-hydrogen) atoms. The first kappa shape index (κ1) is 13.5. The molecule has 98 valence electrons. The maximum atomic E-state index is 13.5. The molecular formula is C11H13FIN3O2. The first-order valence-corrected chi connectivity index (χ1v) is 6.61. The van der Waals surface area contributed by atoms with Gasteiger partial charge in [-0.25, -0.2) is 4.39 Å². The Morgan fingerprint density at radius 1 is 1.61 bits per heavy atom. The molecular weight excluding hydrogens is 352 g/mol. The van der Waals surface area contributed by atoms with Crippen molar-refractivity contribution in [3.05, 3.63) is 31.6 Å². The van der Waals surface area contributed by atoms with Crippen molar-refractivity contribution < 1.29 is 9.31 Å². The fourth-order valence-corrected chi connectivity index (χ4v) is 2.49. The third-order valence-electron chi connectivity index (χ3n) is 3.04. The van der Waals surface area contributed by atoms with Crippen LogP contribution >= 0.6 is 22.6 Å². The molecule has 0 aromatic heterocycles. The van der Waals surface area contributed by atoms with E-state index in [9.17, 15) is 14.5 Å². The monoisotopic (exact) mass is 365 g/mol. The van der Waals surface area contributed by atoms with Gasteiger partial charge in [0.05, 0.1) is 8.49 Å². The van der Waals surface area contributed by atoms with Crippen molar-refractivity contribution in [3.8, 4) is 0 Å². The van der Waals surface area contributed by atoms with E-state index < -0.39 is 10.7 Å². The van der Waals surface area contributed by atoms with E-state index in [0.29, 0.717) is 6.54 Å². The fraction of sp³-hybridized carbons (Fsp3) is 0.455. The highest BCUT2D eigenvalue weighted by molar-refractivity contribution is 14.1.